The van der Waals surface area contributed by atoms with E-state index in [4.69, 9.17) is 33.7 Å². The number of rotatable bonds is 4. The van der Waals surface area contributed by atoms with Gasteiger partial charge >= 0.3 is 12.0 Å². The van der Waals surface area contributed by atoms with Gasteiger partial charge in [-0.2, -0.15) is 0 Å². The quantitative estimate of drug-likeness (QED) is 0.652. The first-order valence-electron chi connectivity index (χ1n) is 5.73. The lowest BCUT2D eigenvalue weighted by molar-refractivity contribution is -0.149. The third-order valence-electron chi connectivity index (χ3n) is 2.26. The average Bonchev–Trinajstić information content (AvgIpc) is 2.39. The monoisotopic (exact) mass is 330 g/mol. The zero-order chi connectivity index (χ0) is 16.0. The molecule has 0 unspecified atom stereocenters. The number of hydrogen-bond acceptors (Lipinski definition) is 4. The number of amides is 3. The molecule has 8 heteroatoms. The molecule has 1 aromatic rings. The molecule has 112 valence electrons. The van der Waals surface area contributed by atoms with Crippen molar-refractivity contribution in [2.24, 2.45) is 5.73 Å². The van der Waals surface area contributed by atoms with Crippen LogP contribution >= 0.6 is 23.2 Å². The van der Waals surface area contributed by atoms with E-state index in [2.05, 4.69) is 0 Å². The Hall–Kier alpha value is -2.05. The molecule has 0 saturated heterocycles. The van der Waals surface area contributed by atoms with Crippen molar-refractivity contribution < 1.29 is 19.1 Å². The minimum absolute atomic E-state index is 0.349. The molecule has 1 atom stereocenters. The largest absolute Gasteiger partial charge is 0.449 e. The highest BCUT2D eigenvalue weighted by Gasteiger charge is 2.17. The molecular formula is C13H12Cl2N2O4. The van der Waals surface area contributed by atoms with Gasteiger partial charge in [-0.1, -0.05) is 29.3 Å². The Morgan fingerprint density at radius 3 is 2.52 bits per heavy atom. The molecule has 0 aliphatic carbocycles. The number of carbonyl (C=O) groups excluding carboxylic acids is 3. The Labute approximate surface area is 130 Å². The molecule has 0 saturated carbocycles. The fourth-order valence-electron chi connectivity index (χ4n) is 1.27. The summed E-state index contributed by atoms with van der Waals surface area (Å²) in [6, 6.07) is 3.78. The lowest BCUT2D eigenvalue weighted by Crippen LogP contribution is -2.42. The number of nitrogens with one attached hydrogen (secondary N) is 1. The highest BCUT2D eigenvalue weighted by Crippen LogP contribution is 2.23. The van der Waals surface area contributed by atoms with Gasteiger partial charge in [-0.05, 0) is 30.7 Å². The smallest absolute Gasteiger partial charge is 0.331 e. The fraction of sp³-hybridized carbons (Fsp3) is 0.154. The van der Waals surface area contributed by atoms with E-state index in [0.717, 1.165) is 6.08 Å². The third-order valence-corrected chi connectivity index (χ3v) is 3.00. The number of carbonyl (C=O) groups is 3. The van der Waals surface area contributed by atoms with Gasteiger partial charge in [-0.15, -0.1) is 0 Å². The van der Waals surface area contributed by atoms with Gasteiger partial charge in [0.25, 0.3) is 5.91 Å². The summed E-state index contributed by atoms with van der Waals surface area (Å²) in [5.41, 5.74) is 5.41. The van der Waals surface area contributed by atoms with Crippen LogP contribution in [0.1, 0.15) is 12.5 Å². The van der Waals surface area contributed by atoms with E-state index in [0.29, 0.717) is 15.6 Å². The molecule has 1 rings (SSSR count). The van der Waals surface area contributed by atoms with Crippen molar-refractivity contribution in [2.45, 2.75) is 13.0 Å². The number of benzene rings is 1. The lowest BCUT2D eigenvalue weighted by atomic mass is 10.2. The molecule has 0 aromatic heterocycles. The van der Waals surface area contributed by atoms with Gasteiger partial charge in [0.2, 0.25) is 0 Å². The highest BCUT2D eigenvalue weighted by atomic mass is 35.5. The number of esters is 1. The molecule has 21 heavy (non-hydrogen) atoms. The molecule has 0 aliphatic heterocycles. The minimum atomic E-state index is -1.15. The Balaban J connectivity index is 2.60. The molecule has 0 fully saturated rings. The standard InChI is InChI=1S/C13H12Cl2N2O4/c1-7(12(19)17-13(16)20)21-11(18)5-3-8-2-4-9(14)10(15)6-8/h2-7H,1H3,(H3,16,17,19,20)/b5-3+/t7-/m0/s1. The average molecular weight is 331 g/mol. The van der Waals surface area contributed by atoms with Crippen molar-refractivity contribution >= 4 is 47.2 Å². The predicted molar refractivity (Wildman–Crippen MR) is 78.8 cm³/mol. The summed E-state index contributed by atoms with van der Waals surface area (Å²) in [5.74, 6) is -1.56. The molecule has 3 N–H and O–H groups in total. The van der Waals surface area contributed by atoms with E-state index in [9.17, 15) is 14.4 Å². The summed E-state index contributed by atoms with van der Waals surface area (Å²) < 4.78 is 4.78. The number of hydrogen-bond donors (Lipinski definition) is 2. The third kappa shape index (κ3) is 5.85. The van der Waals surface area contributed by atoms with Gasteiger partial charge in [0.05, 0.1) is 10.0 Å². The molecule has 3 amide bonds. The van der Waals surface area contributed by atoms with E-state index in [1.54, 1.807) is 23.5 Å². The van der Waals surface area contributed by atoms with Crippen LogP contribution in [-0.4, -0.2) is 24.0 Å². The Kier molecular flexibility index (Phi) is 6.20. The molecular weight excluding hydrogens is 319 g/mol. The first kappa shape index (κ1) is 17.0. The number of nitrogens with two attached hydrogens (primary N) is 1. The SMILES string of the molecule is C[C@H](OC(=O)/C=C/c1ccc(Cl)c(Cl)c1)C(=O)NC(N)=O. The zero-order valence-electron chi connectivity index (χ0n) is 10.9. The normalized spacial score (nSPS) is 12.0. The first-order chi connectivity index (χ1) is 9.79. The summed E-state index contributed by atoms with van der Waals surface area (Å²) >= 11 is 11.6. The van der Waals surface area contributed by atoms with Crippen molar-refractivity contribution in [3.8, 4) is 0 Å². The minimum Gasteiger partial charge on any atom is -0.449 e. The van der Waals surface area contributed by atoms with Crippen molar-refractivity contribution in [2.75, 3.05) is 0 Å². The summed E-state index contributed by atoms with van der Waals surface area (Å²) in [4.78, 5) is 33.3. The molecule has 0 spiro atoms. The number of primary amides is 1. The molecule has 0 aliphatic rings. The van der Waals surface area contributed by atoms with Crippen LogP contribution in [0, 0.1) is 0 Å². The van der Waals surface area contributed by atoms with Gasteiger partial charge in [-0.3, -0.25) is 10.1 Å². The van der Waals surface area contributed by atoms with Gasteiger partial charge in [0.15, 0.2) is 6.10 Å². The van der Waals surface area contributed by atoms with E-state index in [1.807, 2.05) is 0 Å². The second-order valence-corrected chi connectivity index (χ2v) is 4.75. The van der Waals surface area contributed by atoms with E-state index >= 15 is 0 Å². The van der Waals surface area contributed by atoms with Crippen molar-refractivity contribution in [3.05, 3.63) is 39.9 Å². The Morgan fingerprint density at radius 1 is 1.29 bits per heavy atom. The van der Waals surface area contributed by atoms with Crippen LogP contribution in [0.4, 0.5) is 4.79 Å². The summed E-state index contributed by atoms with van der Waals surface area (Å²) in [6.07, 6.45) is 1.42. The number of ether oxygens (including phenoxy) is 1. The van der Waals surface area contributed by atoms with Gasteiger partial charge in [-0.25, -0.2) is 9.59 Å². The predicted octanol–water partition coefficient (Wildman–Crippen LogP) is 2.13. The van der Waals surface area contributed by atoms with Crippen molar-refractivity contribution in [1.82, 2.24) is 5.32 Å². The number of urea groups is 1. The van der Waals surface area contributed by atoms with E-state index in [-0.39, 0.29) is 0 Å². The molecule has 0 radical (unpaired) electrons. The van der Waals surface area contributed by atoms with Crippen LogP contribution in [-0.2, 0) is 14.3 Å². The molecule has 0 bridgehead atoms. The molecule has 6 nitrogen and oxygen atoms in total. The van der Waals surface area contributed by atoms with E-state index < -0.39 is 24.0 Å². The van der Waals surface area contributed by atoms with Crippen molar-refractivity contribution in [1.29, 1.82) is 0 Å². The van der Waals surface area contributed by atoms with Gasteiger partial charge in [0, 0.05) is 6.08 Å². The van der Waals surface area contributed by atoms with Gasteiger partial charge < -0.3 is 10.5 Å². The van der Waals surface area contributed by atoms with Crippen LogP contribution < -0.4 is 11.1 Å². The van der Waals surface area contributed by atoms with Crippen LogP contribution in [0.5, 0.6) is 0 Å². The van der Waals surface area contributed by atoms with Crippen molar-refractivity contribution in [3.63, 3.8) is 0 Å². The Bertz CT molecular complexity index is 602. The van der Waals surface area contributed by atoms with E-state index in [1.165, 1.54) is 13.0 Å². The maximum Gasteiger partial charge on any atom is 0.331 e. The topological polar surface area (TPSA) is 98.5 Å². The maximum atomic E-state index is 11.5. The molecule has 1 aromatic carbocycles. The number of imide groups is 1. The second kappa shape index (κ2) is 7.66. The Morgan fingerprint density at radius 2 is 1.95 bits per heavy atom. The van der Waals surface area contributed by atoms with Crippen LogP contribution in [0.3, 0.4) is 0 Å². The first-order valence-corrected chi connectivity index (χ1v) is 6.49. The summed E-state index contributed by atoms with van der Waals surface area (Å²) in [7, 11) is 0. The van der Waals surface area contributed by atoms with Gasteiger partial charge in [0.1, 0.15) is 0 Å². The molecule has 0 heterocycles. The lowest BCUT2D eigenvalue weighted by Gasteiger charge is -2.10. The summed E-state index contributed by atoms with van der Waals surface area (Å²) in [6.45, 7) is 1.31. The van der Waals surface area contributed by atoms with Crippen LogP contribution in [0.25, 0.3) is 6.08 Å². The highest BCUT2D eigenvalue weighted by molar-refractivity contribution is 6.42. The zero-order valence-corrected chi connectivity index (χ0v) is 12.4. The van der Waals surface area contributed by atoms with Crippen LogP contribution in [0.2, 0.25) is 10.0 Å². The van der Waals surface area contributed by atoms with Crippen LogP contribution in [0.15, 0.2) is 24.3 Å². The summed E-state index contributed by atoms with van der Waals surface area (Å²) in [5, 5.41) is 2.55. The maximum absolute atomic E-state index is 11.5. The fourth-order valence-corrected chi connectivity index (χ4v) is 1.58. The number of halogens is 2. The second-order valence-electron chi connectivity index (χ2n) is 3.94.